The number of β-amino-alcohol motifs (C(OH)–C–C–N with tert-alkyl or cyclic N) is 1. The molecule has 2 atom stereocenters. The SMILES string of the molecule is Cl.OC1CNC2(CCCC2)C1O. The van der Waals surface area contributed by atoms with Gasteiger partial charge in [-0.15, -0.1) is 12.4 Å². The molecule has 72 valence electrons. The Hall–Kier alpha value is 0.170. The topological polar surface area (TPSA) is 52.5 Å². The fraction of sp³-hybridized carbons (Fsp3) is 1.00. The zero-order valence-electron chi connectivity index (χ0n) is 6.99. The van der Waals surface area contributed by atoms with Crippen molar-refractivity contribution in [2.75, 3.05) is 6.54 Å². The highest BCUT2D eigenvalue weighted by molar-refractivity contribution is 5.85. The highest BCUT2D eigenvalue weighted by Crippen LogP contribution is 2.36. The first-order valence-corrected chi connectivity index (χ1v) is 4.36. The van der Waals surface area contributed by atoms with Gasteiger partial charge in [0.05, 0.1) is 12.2 Å². The predicted octanol–water partition coefficient (Wildman–Crippen LogP) is 0.0460. The lowest BCUT2D eigenvalue weighted by Crippen LogP contribution is -2.46. The number of halogens is 1. The Kier molecular flexibility index (Phi) is 2.99. The summed E-state index contributed by atoms with van der Waals surface area (Å²) in [4.78, 5) is 0. The first-order valence-electron chi connectivity index (χ1n) is 4.36. The van der Waals surface area contributed by atoms with Gasteiger partial charge in [-0.2, -0.15) is 0 Å². The van der Waals surface area contributed by atoms with Crippen LogP contribution in [0.3, 0.4) is 0 Å². The molecule has 0 amide bonds. The third-order valence-electron chi connectivity index (χ3n) is 3.09. The second kappa shape index (κ2) is 3.50. The summed E-state index contributed by atoms with van der Waals surface area (Å²) in [5.41, 5.74) is -0.126. The highest BCUT2D eigenvalue weighted by atomic mass is 35.5. The predicted molar refractivity (Wildman–Crippen MR) is 48.5 cm³/mol. The summed E-state index contributed by atoms with van der Waals surface area (Å²) in [6.45, 7) is 0.557. The molecular formula is C8H16ClNO2. The molecule has 0 bridgehead atoms. The monoisotopic (exact) mass is 193 g/mol. The molecule has 0 aromatic carbocycles. The molecule has 2 unspecified atom stereocenters. The van der Waals surface area contributed by atoms with Crippen molar-refractivity contribution in [3.8, 4) is 0 Å². The summed E-state index contributed by atoms with van der Waals surface area (Å²) in [5.74, 6) is 0. The minimum Gasteiger partial charge on any atom is -0.389 e. The smallest absolute Gasteiger partial charge is 0.0992 e. The van der Waals surface area contributed by atoms with Crippen LogP contribution < -0.4 is 5.32 Å². The lowest BCUT2D eigenvalue weighted by Gasteiger charge is -2.27. The number of hydrogen-bond acceptors (Lipinski definition) is 3. The number of rotatable bonds is 0. The summed E-state index contributed by atoms with van der Waals surface area (Å²) < 4.78 is 0. The van der Waals surface area contributed by atoms with Gasteiger partial charge in [-0.05, 0) is 12.8 Å². The fourth-order valence-corrected chi connectivity index (χ4v) is 2.37. The Bertz CT molecular complexity index is 159. The second-order valence-electron chi connectivity index (χ2n) is 3.76. The summed E-state index contributed by atoms with van der Waals surface area (Å²) in [5, 5.41) is 22.2. The first-order chi connectivity index (χ1) is 5.25. The third kappa shape index (κ3) is 1.35. The fourth-order valence-electron chi connectivity index (χ4n) is 2.37. The lowest BCUT2D eigenvalue weighted by atomic mass is 9.92. The zero-order chi connectivity index (χ0) is 7.90. The van der Waals surface area contributed by atoms with Crippen LogP contribution in [0.15, 0.2) is 0 Å². The van der Waals surface area contributed by atoms with Crippen LogP contribution in [-0.4, -0.2) is 34.5 Å². The van der Waals surface area contributed by atoms with Crippen molar-refractivity contribution in [2.24, 2.45) is 0 Å². The first kappa shape index (κ1) is 10.3. The van der Waals surface area contributed by atoms with E-state index in [2.05, 4.69) is 5.32 Å². The van der Waals surface area contributed by atoms with Crippen molar-refractivity contribution in [3.05, 3.63) is 0 Å². The van der Waals surface area contributed by atoms with Crippen molar-refractivity contribution in [1.29, 1.82) is 0 Å². The molecule has 1 saturated heterocycles. The number of aliphatic hydroxyl groups is 2. The molecule has 2 fully saturated rings. The van der Waals surface area contributed by atoms with Gasteiger partial charge < -0.3 is 15.5 Å². The Morgan fingerprint density at radius 3 is 2.17 bits per heavy atom. The lowest BCUT2D eigenvalue weighted by molar-refractivity contribution is 0.0124. The van der Waals surface area contributed by atoms with Gasteiger partial charge in [-0.3, -0.25) is 0 Å². The second-order valence-corrected chi connectivity index (χ2v) is 3.76. The summed E-state index contributed by atoms with van der Waals surface area (Å²) >= 11 is 0. The van der Waals surface area contributed by atoms with Crippen LogP contribution in [0.5, 0.6) is 0 Å². The molecule has 1 heterocycles. The molecule has 3 N–H and O–H groups in total. The van der Waals surface area contributed by atoms with Crippen molar-refractivity contribution in [2.45, 2.75) is 43.4 Å². The van der Waals surface area contributed by atoms with Crippen LogP contribution >= 0.6 is 12.4 Å². The molecule has 1 spiro atoms. The van der Waals surface area contributed by atoms with Crippen molar-refractivity contribution >= 4 is 12.4 Å². The van der Waals surface area contributed by atoms with E-state index in [0.29, 0.717) is 6.54 Å². The summed E-state index contributed by atoms with van der Waals surface area (Å²) in [7, 11) is 0. The molecular weight excluding hydrogens is 178 g/mol. The quantitative estimate of drug-likeness (QED) is 0.510. The highest BCUT2D eigenvalue weighted by Gasteiger charge is 2.48. The largest absolute Gasteiger partial charge is 0.389 e. The summed E-state index contributed by atoms with van der Waals surface area (Å²) in [6, 6.07) is 0. The molecule has 0 aromatic rings. The number of hydrogen-bond donors (Lipinski definition) is 3. The van der Waals surface area contributed by atoms with Crippen molar-refractivity contribution in [1.82, 2.24) is 5.32 Å². The normalized spacial score (nSPS) is 38.5. The molecule has 0 radical (unpaired) electrons. The average molecular weight is 194 g/mol. The van der Waals surface area contributed by atoms with Crippen molar-refractivity contribution < 1.29 is 10.2 Å². The van der Waals surface area contributed by atoms with E-state index in [1.165, 1.54) is 12.8 Å². The molecule has 3 nitrogen and oxygen atoms in total. The van der Waals surface area contributed by atoms with Crippen LogP contribution in [0.4, 0.5) is 0 Å². The van der Waals surface area contributed by atoms with Gasteiger partial charge in [0.25, 0.3) is 0 Å². The van der Waals surface area contributed by atoms with E-state index in [1.807, 2.05) is 0 Å². The van der Waals surface area contributed by atoms with Gasteiger partial charge in [-0.25, -0.2) is 0 Å². The van der Waals surface area contributed by atoms with Gasteiger partial charge in [0.15, 0.2) is 0 Å². The molecule has 1 saturated carbocycles. The van der Waals surface area contributed by atoms with Crippen LogP contribution in [-0.2, 0) is 0 Å². The molecule has 1 aliphatic heterocycles. The number of nitrogens with one attached hydrogen (secondary N) is 1. The van der Waals surface area contributed by atoms with Crippen LogP contribution in [0.25, 0.3) is 0 Å². The Labute approximate surface area is 78.6 Å². The van der Waals surface area contributed by atoms with E-state index < -0.39 is 12.2 Å². The Morgan fingerprint density at radius 1 is 1.17 bits per heavy atom. The number of aliphatic hydroxyl groups excluding tert-OH is 2. The van der Waals surface area contributed by atoms with E-state index in [0.717, 1.165) is 12.8 Å². The Balaban J connectivity index is 0.000000720. The minimum absolute atomic E-state index is 0. The van der Waals surface area contributed by atoms with Crippen LogP contribution in [0.1, 0.15) is 25.7 Å². The molecule has 2 rings (SSSR count). The third-order valence-corrected chi connectivity index (χ3v) is 3.09. The van der Waals surface area contributed by atoms with Gasteiger partial charge in [0.2, 0.25) is 0 Å². The maximum Gasteiger partial charge on any atom is 0.0992 e. The maximum atomic E-state index is 9.64. The van der Waals surface area contributed by atoms with E-state index >= 15 is 0 Å². The van der Waals surface area contributed by atoms with E-state index in [9.17, 15) is 10.2 Å². The molecule has 4 heteroatoms. The van der Waals surface area contributed by atoms with E-state index in [1.54, 1.807) is 0 Å². The van der Waals surface area contributed by atoms with Crippen LogP contribution in [0, 0.1) is 0 Å². The molecule has 2 aliphatic rings. The zero-order valence-corrected chi connectivity index (χ0v) is 7.81. The molecule has 0 aromatic heterocycles. The van der Waals surface area contributed by atoms with Gasteiger partial charge in [-0.1, -0.05) is 12.8 Å². The molecule has 12 heavy (non-hydrogen) atoms. The van der Waals surface area contributed by atoms with Gasteiger partial charge in [0.1, 0.15) is 0 Å². The van der Waals surface area contributed by atoms with E-state index in [-0.39, 0.29) is 17.9 Å². The van der Waals surface area contributed by atoms with Gasteiger partial charge >= 0.3 is 0 Å². The maximum absolute atomic E-state index is 9.64. The Morgan fingerprint density at radius 2 is 1.75 bits per heavy atom. The van der Waals surface area contributed by atoms with E-state index in [4.69, 9.17) is 0 Å². The molecule has 1 aliphatic carbocycles. The van der Waals surface area contributed by atoms with Crippen molar-refractivity contribution in [3.63, 3.8) is 0 Å². The standard InChI is InChI=1S/C8H15NO2.ClH/c10-6-5-9-8(7(6)11)3-1-2-4-8;/h6-7,9-11H,1-5H2;1H. The van der Waals surface area contributed by atoms with Gasteiger partial charge in [0, 0.05) is 12.1 Å². The van der Waals surface area contributed by atoms with Crippen LogP contribution in [0.2, 0.25) is 0 Å². The minimum atomic E-state index is -0.548. The summed E-state index contributed by atoms with van der Waals surface area (Å²) in [6.07, 6.45) is 3.31. The average Bonchev–Trinajstić information content (AvgIpc) is 2.56.